The number of benzene rings is 2. The fraction of sp³-hybridized carbons (Fsp3) is 0.304. The third-order valence-corrected chi connectivity index (χ3v) is 5.70. The summed E-state index contributed by atoms with van der Waals surface area (Å²) in [5.41, 5.74) is 5.71. The van der Waals surface area contributed by atoms with Gasteiger partial charge in [-0.25, -0.2) is 4.98 Å². The number of nitrogens with one attached hydrogen (secondary N) is 1. The summed E-state index contributed by atoms with van der Waals surface area (Å²) in [7, 11) is 0. The topological polar surface area (TPSA) is 46.9 Å². The second kappa shape index (κ2) is 7.80. The van der Waals surface area contributed by atoms with Crippen LogP contribution >= 0.6 is 11.6 Å². The number of carbonyl (C=O) groups is 1. The van der Waals surface area contributed by atoms with Gasteiger partial charge in [0.25, 0.3) is 5.91 Å². The first-order valence-electron chi connectivity index (χ1n) is 9.77. The Balaban J connectivity index is 1.72. The van der Waals surface area contributed by atoms with Crippen molar-refractivity contribution in [3.05, 3.63) is 70.0 Å². The van der Waals surface area contributed by atoms with E-state index in [0.29, 0.717) is 10.7 Å². The van der Waals surface area contributed by atoms with E-state index >= 15 is 0 Å². The second-order valence-electron chi connectivity index (χ2n) is 7.45. The summed E-state index contributed by atoms with van der Waals surface area (Å²) in [6, 6.07) is 13.6. The van der Waals surface area contributed by atoms with E-state index in [1.807, 2.05) is 49.4 Å². The first-order chi connectivity index (χ1) is 13.5. The molecule has 4 rings (SSSR count). The van der Waals surface area contributed by atoms with Crippen LogP contribution in [0.5, 0.6) is 0 Å². The summed E-state index contributed by atoms with van der Waals surface area (Å²) in [6.45, 7) is 5.00. The van der Waals surface area contributed by atoms with E-state index < -0.39 is 0 Å². The van der Waals surface area contributed by atoms with Crippen molar-refractivity contribution >= 4 is 23.2 Å². The minimum atomic E-state index is -0.144. The van der Waals surface area contributed by atoms with Crippen molar-refractivity contribution in [2.75, 3.05) is 5.32 Å². The van der Waals surface area contributed by atoms with Crippen LogP contribution in [0.1, 0.15) is 46.6 Å². The van der Waals surface area contributed by atoms with Crippen molar-refractivity contribution < 1.29 is 4.79 Å². The van der Waals surface area contributed by atoms with Crippen LogP contribution in [-0.2, 0) is 13.0 Å². The van der Waals surface area contributed by atoms with E-state index in [-0.39, 0.29) is 5.91 Å². The molecule has 0 bridgehead atoms. The van der Waals surface area contributed by atoms with Gasteiger partial charge in [-0.3, -0.25) is 4.79 Å². The third-order valence-electron chi connectivity index (χ3n) is 5.45. The maximum absolute atomic E-state index is 13.1. The predicted molar refractivity (Wildman–Crippen MR) is 114 cm³/mol. The zero-order valence-electron chi connectivity index (χ0n) is 16.3. The Labute approximate surface area is 170 Å². The number of aryl methyl sites for hydroxylation is 2. The Morgan fingerprint density at radius 2 is 1.82 bits per heavy atom. The molecular weight excluding hydrogens is 370 g/mol. The highest BCUT2D eigenvalue weighted by atomic mass is 35.5. The minimum Gasteiger partial charge on any atom is -0.327 e. The van der Waals surface area contributed by atoms with Gasteiger partial charge in [-0.05, 0) is 80.6 Å². The lowest BCUT2D eigenvalue weighted by Gasteiger charge is -2.09. The molecule has 0 aliphatic carbocycles. The molecule has 1 aliphatic heterocycles. The fourth-order valence-corrected chi connectivity index (χ4v) is 3.86. The van der Waals surface area contributed by atoms with E-state index in [2.05, 4.69) is 16.8 Å². The highest BCUT2D eigenvalue weighted by Crippen LogP contribution is 2.28. The molecule has 1 N–H and O–H groups in total. The van der Waals surface area contributed by atoms with Crippen LogP contribution in [0.4, 0.5) is 5.69 Å². The van der Waals surface area contributed by atoms with Crippen molar-refractivity contribution in [1.82, 2.24) is 9.55 Å². The molecule has 5 heteroatoms. The van der Waals surface area contributed by atoms with Crippen LogP contribution in [0.3, 0.4) is 0 Å². The standard InChI is InChI=1S/C23H24ClN3O/c1-15-7-12-19(14-16(15)2)25-23(28)21-20-6-4-3-5-13-27(20)22(26-21)17-8-10-18(24)11-9-17/h7-12,14H,3-6,13H2,1-2H3,(H,25,28). The van der Waals surface area contributed by atoms with Gasteiger partial charge in [0.2, 0.25) is 0 Å². The van der Waals surface area contributed by atoms with Crippen LogP contribution < -0.4 is 5.32 Å². The molecule has 2 heterocycles. The summed E-state index contributed by atoms with van der Waals surface area (Å²) in [4.78, 5) is 17.9. The molecular formula is C23H24ClN3O. The first kappa shape index (κ1) is 18.8. The Kier molecular flexibility index (Phi) is 5.23. The maximum Gasteiger partial charge on any atom is 0.276 e. The van der Waals surface area contributed by atoms with Gasteiger partial charge in [-0.15, -0.1) is 0 Å². The lowest BCUT2D eigenvalue weighted by Crippen LogP contribution is -2.15. The van der Waals surface area contributed by atoms with Gasteiger partial charge >= 0.3 is 0 Å². The van der Waals surface area contributed by atoms with E-state index in [1.165, 1.54) is 12.0 Å². The quantitative estimate of drug-likeness (QED) is 0.611. The van der Waals surface area contributed by atoms with Gasteiger partial charge in [0.1, 0.15) is 11.5 Å². The van der Waals surface area contributed by atoms with Gasteiger partial charge in [-0.1, -0.05) is 24.1 Å². The lowest BCUT2D eigenvalue weighted by molar-refractivity contribution is 0.102. The fourth-order valence-electron chi connectivity index (χ4n) is 3.73. The summed E-state index contributed by atoms with van der Waals surface area (Å²) in [5, 5.41) is 3.73. The molecule has 0 radical (unpaired) electrons. The van der Waals surface area contributed by atoms with Crippen LogP contribution in [0.25, 0.3) is 11.4 Å². The monoisotopic (exact) mass is 393 g/mol. The van der Waals surface area contributed by atoms with E-state index in [9.17, 15) is 4.79 Å². The number of carbonyl (C=O) groups excluding carboxylic acids is 1. The summed E-state index contributed by atoms with van der Waals surface area (Å²) >= 11 is 6.05. The SMILES string of the molecule is Cc1ccc(NC(=O)c2nc(-c3ccc(Cl)cc3)n3c2CCCCC3)cc1C. The summed E-state index contributed by atoms with van der Waals surface area (Å²) in [5.74, 6) is 0.702. The van der Waals surface area contributed by atoms with Crippen LogP contribution in [0.2, 0.25) is 5.02 Å². The van der Waals surface area contributed by atoms with Crippen LogP contribution in [0, 0.1) is 13.8 Å². The molecule has 0 fully saturated rings. The molecule has 0 spiro atoms. The van der Waals surface area contributed by atoms with Crippen molar-refractivity contribution in [2.24, 2.45) is 0 Å². The van der Waals surface area contributed by atoms with Crippen LogP contribution in [0.15, 0.2) is 42.5 Å². The van der Waals surface area contributed by atoms with Gasteiger partial charge in [0.05, 0.1) is 5.69 Å². The molecule has 2 aromatic carbocycles. The number of amides is 1. The molecule has 3 aromatic rings. The zero-order valence-corrected chi connectivity index (χ0v) is 17.0. The number of hydrogen-bond acceptors (Lipinski definition) is 2. The number of halogens is 1. The molecule has 0 saturated carbocycles. The predicted octanol–water partition coefficient (Wildman–Crippen LogP) is 5.80. The Morgan fingerprint density at radius 1 is 1.04 bits per heavy atom. The molecule has 144 valence electrons. The summed E-state index contributed by atoms with van der Waals surface area (Å²) in [6.07, 6.45) is 4.22. The molecule has 1 aliphatic rings. The van der Waals surface area contributed by atoms with E-state index in [4.69, 9.17) is 16.6 Å². The summed E-state index contributed by atoms with van der Waals surface area (Å²) < 4.78 is 2.21. The molecule has 0 atom stereocenters. The van der Waals surface area contributed by atoms with Gasteiger partial charge in [-0.2, -0.15) is 0 Å². The average molecular weight is 394 g/mol. The highest BCUT2D eigenvalue weighted by Gasteiger charge is 2.24. The second-order valence-corrected chi connectivity index (χ2v) is 7.89. The molecule has 0 saturated heterocycles. The number of fused-ring (bicyclic) bond motifs is 1. The van der Waals surface area contributed by atoms with Gasteiger partial charge in [0.15, 0.2) is 0 Å². The number of rotatable bonds is 3. The molecule has 1 amide bonds. The molecule has 4 nitrogen and oxygen atoms in total. The number of imidazole rings is 1. The molecule has 28 heavy (non-hydrogen) atoms. The first-order valence-corrected chi connectivity index (χ1v) is 10.1. The molecule has 0 unspecified atom stereocenters. The number of aromatic nitrogens is 2. The Hall–Kier alpha value is -2.59. The minimum absolute atomic E-state index is 0.144. The smallest absolute Gasteiger partial charge is 0.276 e. The van der Waals surface area contributed by atoms with E-state index in [0.717, 1.165) is 54.1 Å². The number of nitrogens with zero attached hydrogens (tertiary/aromatic N) is 2. The third kappa shape index (κ3) is 3.69. The van der Waals surface area contributed by atoms with Crippen molar-refractivity contribution in [2.45, 2.75) is 46.1 Å². The van der Waals surface area contributed by atoms with Crippen molar-refractivity contribution in [1.29, 1.82) is 0 Å². The molecule has 1 aromatic heterocycles. The van der Waals surface area contributed by atoms with Crippen molar-refractivity contribution in [3.8, 4) is 11.4 Å². The largest absolute Gasteiger partial charge is 0.327 e. The number of hydrogen-bond donors (Lipinski definition) is 1. The average Bonchev–Trinajstić information content (AvgIpc) is 2.87. The normalized spacial score (nSPS) is 13.7. The number of anilines is 1. The Morgan fingerprint density at radius 3 is 2.57 bits per heavy atom. The van der Waals surface area contributed by atoms with Gasteiger partial charge < -0.3 is 9.88 Å². The van der Waals surface area contributed by atoms with Crippen LogP contribution in [-0.4, -0.2) is 15.5 Å². The highest BCUT2D eigenvalue weighted by molar-refractivity contribution is 6.30. The lowest BCUT2D eigenvalue weighted by atomic mass is 10.1. The van der Waals surface area contributed by atoms with E-state index in [1.54, 1.807) is 0 Å². The Bertz CT molecular complexity index is 1020. The zero-order chi connectivity index (χ0) is 19.7. The van der Waals surface area contributed by atoms with Crippen molar-refractivity contribution in [3.63, 3.8) is 0 Å². The van der Waals surface area contributed by atoms with Gasteiger partial charge in [0, 0.05) is 22.8 Å². The maximum atomic E-state index is 13.1.